The van der Waals surface area contributed by atoms with Crippen LogP contribution >= 0.6 is 36.0 Å². The van der Waals surface area contributed by atoms with Crippen molar-refractivity contribution < 1.29 is 65.4 Å². The molecule has 5 saturated carbocycles. The summed E-state index contributed by atoms with van der Waals surface area (Å²) in [7, 11) is -1.33. The van der Waals surface area contributed by atoms with Crippen LogP contribution < -0.4 is 31.1 Å². The van der Waals surface area contributed by atoms with Crippen LogP contribution in [0.2, 0.25) is 19.6 Å². The van der Waals surface area contributed by atoms with Crippen molar-refractivity contribution in [2.75, 3.05) is 20.4 Å². The van der Waals surface area contributed by atoms with E-state index in [2.05, 4.69) is 32.8 Å². The fourth-order valence-corrected chi connectivity index (χ4v) is 14.5. The van der Waals surface area contributed by atoms with Gasteiger partial charge in [-0.25, -0.2) is 43.5 Å². The van der Waals surface area contributed by atoms with Gasteiger partial charge in [-0.1, -0.05) is 102 Å². The number of urea groups is 1. The molecule has 0 radical (unpaired) electrons. The van der Waals surface area contributed by atoms with Gasteiger partial charge in [0.2, 0.25) is 16.7 Å². The molecule has 0 atom stereocenters. The molecule has 8 fully saturated rings. The summed E-state index contributed by atoms with van der Waals surface area (Å²) in [6, 6.07) is 29.6. The number of benzene rings is 5. The van der Waals surface area contributed by atoms with Crippen LogP contribution in [0.25, 0.3) is 4.85 Å². The number of aliphatic carboxylic acids is 1. The number of carboxylic acids is 1. The number of anilines is 4. The number of nitrogens with two attached hydrogens (primary N) is 1. The van der Waals surface area contributed by atoms with E-state index in [0.29, 0.717) is 53.6 Å². The summed E-state index contributed by atoms with van der Waals surface area (Å²) in [4.78, 5) is 100. The summed E-state index contributed by atoms with van der Waals surface area (Å²) < 4.78 is 64.1. The Morgan fingerprint density at radius 2 is 0.857 bits per heavy atom. The maximum absolute atomic E-state index is 13.2. The molecule has 5 aromatic rings. The van der Waals surface area contributed by atoms with Crippen molar-refractivity contribution >= 4 is 124 Å². The standard InChI is InChI=1S/C16H17FN2O2S.C14H15FN2O2.C14H15FN2OS.C14H16FN.C6H6FN.C6H10O.C4H9NSi.C2H3ClO.C2H4O2/c1-11(20)18-14(21)16(9-3-2-4-10-16)19(15(18)22)13-7-5-12(17)6-8-13;2*15-10-4-6-11(7-5-10)17-13(19)16-12(18)14(17)8-2-1-3-9-14;1-16-14(9-3-2-4-10-14)11-12-5-7-13(15)8-6-12;7-5-1-3-6(8)4-2-5;7-6-4-2-1-3-5-6;1-6(2,3)4-5;2*1-2(3)4/h5-8H,2-4,9-10H2,1H3;2*4-7H,1-3,8-9H2,(H,16,18,19);5-8H,2-4,9-11H2;1-4H,8H2;1-5H2;1-3H3;1H3;1H3,(H,3,4). The first-order chi connectivity index (χ1) is 49.7. The highest BCUT2D eigenvalue weighted by atomic mass is 35.5. The lowest BCUT2D eigenvalue weighted by Crippen LogP contribution is -2.51. The van der Waals surface area contributed by atoms with E-state index in [1.54, 1.807) is 53.4 Å². The van der Waals surface area contributed by atoms with E-state index in [4.69, 9.17) is 51.9 Å². The van der Waals surface area contributed by atoms with Gasteiger partial charge in [0.1, 0.15) is 51.5 Å². The molecule has 5 N–H and O–H groups in total. The van der Waals surface area contributed by atoms with Gasteiger partial charge in [0.05, 0.1) is 6.42 Å². The maximum atomic E-state index is 13.2. The number of nitrogens with one attached hydrogen (secondary N) is 2. The van der Waals surface area contributed by atoms with E-state index in [1.165, 1.54) is 104 Å². The number of thiocarbonyl (C=S) groups is 2. The number of imide groups is 2. The summed E-state index contributed by atoms with van der Waals surface area (Å²) in [5.74, 6) is -2.66. The Morgan fingerprint density at radius 3 is 1.20 bits per heavy atom. The smallest absolute Gasteiger partial charge is 0.329 e. The van der Waals surface area contributed by atoms with Crippen LogP contribution in [0.5, 0.6) is 0 Å². The van der Waals surface area contributed by atoms with Crippen LogP contribution in [0.4, 0.5) is 49.5 Å². The van der Waals surface area contributed by atoms with Crippen molar-refractivity contribution in [3.63, 3.8) is 0 Å². The van der Waals surface area contributed by atoms with Gasteiger partial charge in [-0.15, -0.1) is 0 Å². The second-order valence-corrected chi connectivity index (χ2v) is 33.9. The number of amides is 6. The van der Waals surface area contributed by atoms with Gasteiger partial charge in [0, 0.05) is 74.9 Å². The van der Waals surface area contributed by atoms with E-state index in [1.807, 2.05) is 24.5 Å². The number of nitriles is 1. The zero-order chi connectivity index (χ0) is 77.7. The molecule has 5 aliphatic carbocycles. The quantitative estimate of drug-likeness (QED) is 0.0243. The number of ketones is 1. The van der Waals surface area contributed by atoms with E-state index in [0.717, 1.165) is 151 Å². The van der Waals surface area contributed by atoms with Crippen LogP contribution in [0, 0.1) is 46.6 Å². The van der Waals surface area contributed by atoms with Crippen molar-refractivity contribution in [1.29, 1.82) is 5.26 Å². The minimum Gasteiger partial charge on any atom is -0.481 e. The van der Waals surface area contributed by atoms with Crippen molar-refractivity contribution in [1.82, 2.24) is 15.5 Å². The Morgan fingerprint density at radius 1 is 0.543 bits per heavy atom. The lowest BCUT2D eigenvalue weighted by atomic mass is 9.78. The molecule has 105 heavy (non-hydrogen) atoms. The van der Waals surface area contributed by atoms with E-state index >= 15 is 0 Å². The summed E-state index contributed by atoms with van der Waals surface area (Å²) in [5, 5.41) is 21.1. The Labute approximate surface area is 629 Å². The average Bonchev–Trinajstić information content (AvgIpc) is 1.58. The molecule has 3 saturated heterocycles. The molecular weight excluding hydrogens is 1430 g/mol. The summed E-state index contributed by atoms with van der Waals surface area (Å²) in [6.45, 7) is 17.2. The second-order valence-electron chi connectivity index (χ2n) is 27.9. The predicted molar refractivity (Wildman–Crippen MR) is 409 cm³/mol. The first-order valence-electron chi connectivity index (χ1n) is 35.4. The molecule has 18 nitrogen and oxygen atoms in total. The number of Topliss-reactive ketones (excluding diaryl/α,β-unsaturated/α-hetero) is 1. The number of hydrogen-bond donors (Lipinski definition) is 4. The maximum Gasteiger partial charge on any atom is 0.329 e. The van der Waals surface area contributed by atoms with Gasteiger partial charge >= 0.3 is 6.03 Å². The third-order valence-electron chi connectivity index (χ3n) is 18.7. The van der Waals surface area contributed by atoms with Gasteiger partial charge in [-0.05, 0) is 215 Å². The molecule has 3 spiro atoms. The lowest BCUT2D eigenvalue weighted by Gasteiger charge is -2.39. The molecule has 6 amide bonds. The SMILES string of the molecule is CC(=O)Cl.CC(=O)N1C(=O)C2(CCCCC2)N(c2ccc(F)cc2)C1=S.CC(=O)O.C[Si](C)(C)C#N.Nc1ccc(F)cc1.O=C1CCCCC1.O=C1NC(=O)C2(CCCCC2)N1c1ccc(F)cc1.O=C1NC(=S)N(c2ccc(F)cc2)C12CCCCC2.[C-]#[N+]C1(Cc2ccc(F)cc2)CCCCC1. The third kappa shape index (κ3) is 25.5. The number of nitrogen functional groups attached to an aromatic ring is 1. The molecule has 13 rings (SSSR count). The molecule has 27 heteroatoms. The minimum absolute atomic E-state index is 0.0125. The molecule has 5 aromatic carbocycles. The van der Waals surface area contributed by atoms with E-state index in [-0.39, 0.29) is 68.6 Å². The average molecular weight is 1530 g/mol. The minimum atomic E-state index is -1.33. The Bertz CT molecular complexity index is 3730. The number of halogens is 6. The van der Waals surface area contributed by atoms with Crippen LogP contribution in [0.3, 0.4) is 0 Å². The van der Waals surface area contributed by atoms with Crippen molar-refractivity contribution in [2.45, 2.75) is 230 Å². The molecule has 564 valence electrons. The molecule has 3 aliphatic heterocycles. The number of carboxylic acid groups (broad SMARTS) is 1. The fraction of sp³-hybridized carbons (Fsp3) is 0.462. The fourth-order valence-electron chi connectivity index (χ4n) is 13.6. The largest absolute Gasteiger partial charge is 0.481 e. The van der Waals surface area contributed by atoms with Gasteiger partial charge in [0.15, 0.2) is 18.3 Å². The number of rotatable bonds is 5. The van der Waals surface area contributed by atoms with Gasteiger partial charge < -0.3 is 30.8 Å². The first kappa shape index (κ1) is 86.8. The molecule has 0 unspecified atom stereocenters. The zero-order valence-electron chi connectivity index (χ0n) is 60.5. The van der Waals surface area contributed by atoms with Crippen LogP contribution in [-0.2, 0) is 40.0 Å². The van der Waals surface area contributed by atoms with Gasteiger partial charge in [-0.2, -0.15) is 0 Å². The zero-order valence-corrected chi connectivity index (χ0v) is 63.9. The number of carbonyl (C=O) groups is 8. The summed E-state index contributed by atoms with van der Waals surface area (Å²) in [6.07, 6.45) is 24.9. The lowest BCUT2D eigenvalue weighted by molar-refractivity contribution is -0.140. The Hall–Kier alpha value is -8.82. The molecular formula is C78H95ClF5N9O9S2Si. The van der Waals surface area contributed by atoms with Crippen LogP contribution in [-0.4, -0.2) is 97.1 Å². The van der Waals surface area contributed by atoms with Crippen LogP contribution in [0.1, 0.15) is 187 Å². The predicted octanol–water partition coefficient (Wildman–Crippen LogP) is 17.5. The monoisotopic (exact) mass is 1520 g/mol. The van der Waals surface area contributed by atoms with Crippen molar-refractivity contribution in [3.8, 4) is 5.69 Å². The normalized spacial score (nSPS) is 18.4. The number of carbonyl (C=O) groups excluding carboxylic acids is 7. The second kappa shape index (κ2) is 41.2. The Kier molecular flexibility index (Phi) is 34.0. The van der Waals surface area contributed by atoms with Crippen molar-refractivity contribution in [2.24, 2.45) is 0 Å². The topological polar surface area (TPSA) is 248 Å². The highest BCUT2D eigenvalue weighted by molar-refractivity contribution is 7.80. The molecule has 0 bridgehead atoms. The van der Waals surface area contributed by atoms with E-state index < -0.39 is 36.7 Å². The molecule has 8 aliphatic rings. The van der Waals surface area contributed by atoms with Gasteiger partial charge in [-0.3, -0.25) is 43.8 Å². The number of hydrogen-bond acceptors (Lipinski definition) is 12. The van der Waals surface area contributed by atoms with Crippen molar-refractivity contribution in [3.05, 3.63) is 167 Å². The summed E-state index contributed by atoms with van der Waals surface area (Å²) >= 11 is 15.3. The Balaban J connectivity index is 0.000000224. The molecule has 3 heterocycles. The first-order valence-corrected chi connectivity index (χ1v) is 40.1. The number of nitrogens with zero attached hydrogens (tertiary/aromatic N) is 6. The van der Waals surface area contributed by atoms with E-state index in [9.17, 15) is 55.5 Å². The highest BCUT2D eigenvalue weighted by Gasteiger charge is 2.58. The van der Waals surface area contributed by atoms with Gasteiger partial charge in [0.25, 0.3) is 23.7 Å². The summed E-state index contributed by atoms with van der Waals surface area (Å²) in [5.41, 5.74) is 8.85. The van der Waals surface area contributed by atoms with Crippen LogP contribution in [0.15, 0.2) is 121 Å². The highest BCUT2D eigenvalue weighted by Crippen LogP contribution is 2.45. The molecule has 0 aromatic heterocycles. The third-order valence-corrected chi connectivity index (χ3v) is 20.0.